The van der Waals surface area contributed by atoms with Crippen LogP contribution in [0.1, 0.15) is 36.3 Å². The van der Waals surface area contributed by atoms with E-state index < -0.39 is 17.9 Å². The zero-order chi connectivity index (χ0) is 14.4. The number of carboxylic acids is 1. The van der Waals surface area contributed by atoms with Crippen molar-refractivity contribution in [2.24, 2.45) is 11.7 Å². The number of amides is 1. The number of nitrogens with zero attached hydrogens (tertiary/aromatic N) is 1. The van der Waals surface area contributed by atoms with E-state index in [0.717, 1.165) is 0 Å². The fourth-order valence-electron chi connectivity index (χ4n) is 1.67. The molecule has 1 amide bonds. The molecule has 1 rings (SSSR count). The van der Waals surface area contributed by atoms with E-state index >= 15 is 0 Å². The molecule has 0 aliphatic rings. The molecule has 0 spiro atoms. The number of hydrogen-bond acceptors (Lipinski definition) is 4. The third-order valence-electron chi connectivity index (χ3n) is 2.60. The highest BCUT2D eigenvalue weighted by Crippen LogP contribution is 2.07. The lowest BCUT2D eigenvalue weighted by Gasteiger charge is -2.16. The molecular weight excluding hydrogens is 246 g/mol. The van der Waals surface area contributed by atoms with E-state index in [1.165, 1.54) is 12.3 Å². The number of pyridine rings is 1. The maximum Gasteiger partial charge on any atom is 0.326 e. The molecule has 0 unspecified atom stereocenters. The molecule has 0 aliphatic carbocycles. The van der Waals surface area contributed by atoms with Crippen LogP contribution in [0.5, 0.6) is 0 Å². The largest absolute Gasteiger partial charge is 0.480 e. The van der Waals surface area contributed by atoms with Crippen LogP contribution in [0.4, 0.5) is 0 Å². The van der Waals surface area contributed by atoms with Gasteiger partial charge in [0.2, 0.25) is 0 Å². The molecule has 1 aromatic rings. The van der Waals surface area contributed by atoms with Crippen LogP contribution in [0.2, 0.25) is 0 Å². The van der Waals surface area contributed by atoms with Gasteiger partial charge in [0.1, 0.15) is 6.04 Å². The summed E-state index contributed by atoms with van der Waals surface area (Å²) in [4.78, 5) is 27.0. The lowest BCUT2D eigenvalue weighted by Crippen LogP contribution is -2.41. The fraction of sp³-hybridized carbons (Fsp3) is 0.462. The van der Waals surface area contributed by atoms with Crippen molar-refractivity contribution < 1.29 is 14.7 Å². The molecule has 1 heterocycles. The van der Waals surface area contributed by atoms with Crippen molar-refractivity contribution in [2.45, 2.75) is 32.9 Å². The molecule has 0 radical (unpaired) electrons. The van der Waals surface area contributed by atoms with Crippen LogP contribution in [0.15, 0.2) is 18.3 Å². The number of rotatable bonds is 6. The molecule has 1 atom stereocenters. The van der Waals surface area contributed by atoms with Crippen LogP contribution in [0.25, 0.3) is 0 Å². The van der Waals surface area contributed by atoms with Crippen LogP contribution < -0.4 is 11.1 Å². The average Bonchev–Trinajstić information content (AvgIpc) is 2.37. The SMILES string of the molecule is CC(C)C[C@@H](NC(=O)c1ccnc(CN)c1)C(=O)O. The molecule has 0 aliphatic heterocycles. The van der Waals surface area contributed by atoms with Crippen molar-refractivity contribution in [1.82, 2.24) is 10.3 Å². The summed E-state index contributed by atoms with van der Waals surface area (Å²) in [6.45, 7) is 4.04. The van der Waals surface area contributed by atoms with Gasteiger partial charge in [-0.05, 0) is 24.5 Å². The number of aliphatic carboxylic acids is 1. The highest BCUT2D eigenvalue weighted by molar-refractivity contribution is 5.96. The number of nitrogens with two attached hydrogens (primary N) is 1. The zero-order valence-electron chi connectivity index (χ0n) is 11.1. The maximum atomic E-state index is 12.0. The Morgan fingerprint density at radius 2 is 2.16 bits per heavy atom. The Balaban J connectivity index is 2.78. The first-order chi connectivity index (χ1) is 8.93. The monoisotopic (exact) mass is 265 g/mol. The van der Waals surface area contributed by atoms with Gasteiger partial charge in [0, 0.05) is 18.3 Å². The third-order valence-corrected chi connectivity index (χ3v) is 2.60. The first kappa shape index (κ1) is 15.1. The van der Waals surface area contributed by atoms with Gasteiger partial charge in [-0.25, -0.2) is 4.79 Å². The molecule has 0 fully saturated rings. The van der Waals surface area contributed by atoms with Gasteiger partial charge >= 0.3 is 5.97 Å². The third kappa shape index (κ3) is 4.67. The second kappa shape index (κ2) is 6.84. The van der Waals surface area contributed by atoms with E-state index in [-0.39, 0.29) is 12.5 Å². The smallest absolute Gasteiger partial charge is 0.326 e. The number of carbonyl (C=O) groups excluding carboxylic acids is 1. The van der Waals surface area contributed by atoms with Crippen molar-refractivity contribution in [2.75, 3.05) is 0 Å². The second-order valence-electron chi connectivity index (χ2n) is 4.73. The van der Waals surface area contributed by atoms with Gasteiger partial charge in [-0.3, -0.25) is 9.78 Å². The van der Waals surface area contributed by atoms with Crippen LogP contribution >= 0.6 is 0 Å². The minimum atomic E-state index is -1.03. The Labute approximate surface area is 112 Å². The summed E-state index contributed by atoms with van der Waals surface area (Å²) >= 11 is 0. The lowest BCUT2D eigenvalue weighted by molar-refractivity contribution is -0.139. The number of aromatic nitrogens is 1. The van der Waals surface area contributed by atoms with E-state index in [0.29, 0.717) is 17.7 Å². The minimum Gasteiger partial charge on any atom is -0.480 e. The van der Waals surface area contributed by atoms with Crippen LogP contribution in [-0.4, -0.2) is 28.0 Å². The average molecular weight is 265 g/mol. The predicted octanol–water partition coefficient (Wildman–Crippen LogP) is 0.769. The summed E-state index contributed by atoms with van der Waals surface area (Å²) in [5, 5.41) is 11.6. The molecule has 0 saturated heterocycles. The Hall–Kier alpha value is -1.95. The van der Waals surface area contributed by atoms with E-state index in [1.807, 2.05) is 13.8 Å². The van der Waals surface area contributed by atoms with Crippen molar-refractivity contribution >= 4 is 11.9 Å². The lowest BCUT2D eigenvalue weighted by atomic mass is 10.0. The van der Waals surface area contributed by atoms with Gasteiger partial charge in [-0.15, -0.1) is 0 Å². The highest BCUT2D eigenvalue weighted by Gasteiger charge is 2.21. The molecule has 0 bridgehead atoms. The molecule has 6 nitrogen and oxygen atoms in total. The van der Waals surface area contributed by atoms with Crippen LogP contribution in [0.3, 0.4) is 0 Å². The number of carboxylic acid groups (broad SMARTS) is 1. The topological polar surface area (TPSA) is 105 Å². The van der Waals surface area contributed by atoms with Crippen molar-refractivity contribution in [3.63, 3.8) is 0 Å². The van der Waals surface area contributed by atoms with E-state index in [4.69, 9.17) is 10.8 Å². The van der Waals surface area contributed by atoms with Gasteiger partial charge in [-0.1, -0.05) is 13.8 Å². The molecule has 19 heavy (non-hydrogen) atoms. The molecule has 0 aromatic carbocycles. The Bertz CT molecular complexity index is 460. The van der Waals surface area contributed by atoms with E-state index in [9.17, 15) is 9.59 Å². The summed E-state index contributed by atoms with van der Waals surface area (Å²) in [5.41, 5.74) is 6.40. The zero-order valence-corrected chi connectivity index (χ0v) is 11.1. The summed E-state index contributed by atoms with van der Waals surface area (Å²) < 4.78 is 0. The number of nitrogens with one attached hydrogen (secondary N) is 1. The molecule has 1 aromatic heterocycles. The standard InChI is InChI=1S/C13H19N3O3/c1-8(2)5-11(13(18)19)16-12(17)9-3-4-15-10(6-9)7-14/h3-4,6,8,11H,5,7,14H2,1-2H3,(H,16,17)(H,18,19)/t11-/m1/s1. The first-order valence-corrected chi connectivity index (χ1v) is 6.12. The Kier molecular flexibility index (Phi) is 5.44. The van der Waals surface area contributed by atoms with Crippen LogP contribution in [0, 0.1) is 5.92 Å². The van der Waals surface area contributed by atoms with Crippen molar-refractivity contribution in [3.8, 4) is 0 Å². The number of carbonyl (C=O) groups is 2. The van der Waals surface area contributed by atoms with Gasteiger partial charge in [0.15, 0.2) is 0 Å². The maximum absolute atomic E-state index is 12.0. The van der Waals surface area contributed by atoms with Gasteiger partial charge in [0.25, 0.3) is 5.91 Å². The Morgan fingerprint density at radius 1 is 1.47 bits per heavy atom. The molecular formula is C13H19N3O3. The highest BCUT2D eigenvalue weighted by atomic mass is 16.4. The summed E-state index contributed by atoms with van der Waals surface area (Å²) in [5.74, 6) is -1.28. The van der Waals surface area contributed by atoms with Gasteiger partial charge in [0.05, 0.1) is 5.69 Å². The summed E-state index contributed by atoms with van der Waals surface area (Å²) in [6, 6.07) is 2.20. The van der Waals surface area contributed by atoms with E-state index in [1.54, 1.807) is 6.07 Å². The molecule has 6 heteroatoms. The molecule has 4 N–H and O–H groups in total. The summed E-state index contributed by atoms with van der Waals surface area (Å²) in [7, 11) is 0. The normalized spacial score (nSPS) is 12.2. The quantitative estimate of drug-likeness (QED) is 0.704. The van der Waals surface area contributed by atoms with E-state index in [2.05, 4.69) is 10.3 Å². The molecule has 104 valence electrons. The fourth-order valence-corrected chi connectivity index (χ4v) is 1.67. The predicted molar refractivity (Wildman–Crippen MR) is 70.5 cm³/mol. The number of hydrogen-bond donors (Lipinski definition) is 3. The Morgan fingerprint density at radius 3 is 2.68 bits per heavy atom. The molecule has 0 saturated carbocycles. The van der Waals surface area contributed by atoms with Crippen LogP contribution in [-0.2, 0) is 11.3 Å². The first-order valence-electron chi connectivity index (χ1n) is 6.12. The van der Waals surface area contributed by atoms with Crippen molar-refractivity contribution in [1.29, 1.82) is 0 Å². The van der Waals surface area contributed by atoms with Gasteiger partial charge < -0.3 is 16.2 Å². The second-order valence-corrected chi connectivity index (χ2v) is 4.73. The minimum absolute atomic E-state index is 0.179. The summed E-state index contributed by atoms with van der Waals surface area (Å²) in [6.07, 6.45) is 1.87. The van der Waals surface area contributed by atoms with Crippen molar-refractivity contribution in [3.05, 3.63) is 29.6 Å². The van der Waals surface area contributed by atoms with Gasteiger partial charge in [-0.2, -0.15) is 0 Å².